The molecule has 0 radical (unpaired) electrons. The molecule has 14 nitrogen and oxygen atoms in total. The highest BCUT2D eigenvalue weighted by Crippen LogP contribution is 2.49. The van der Waals surface area contributed by atoms with Crippen molar-refractivity contribution < 1.29 is 28.7 Å². The number of amides is 4. The Morgan fingerprint density at radius 3 is 2.22 bits per heavy atom. The number of thiophene rings is 1. The molecule has 15 heteroatoms. The lowest BCUT2D eigenvalue weighted by Gasteiger charge is -2.34. The molecule has 3 aromatic heterocycles. The van der Waals surface area contributed by atoms with Crippen LogP contribution in [0.15, 0.2) is 48.8 Å². The average molecular weight is 713 g/mol. The number of imidazole rings is 2. The van der Waals surface area contributed by atoms with Gasteiger partial charge in [0.1, 0.15) is 24.7 Å². The molecule has 2 aromatic carbocycles. The maximum Gasteiger partial charge on any atom is 0.407 e. The summed E-state index contributed by atoms with van der Waals surface area (Å²) in [4.78, 5) is 68.7. The molecular weight excluding hydrogens is 673 g/mol. The zero-order chi connectivity index (χ0) is 35.6. The normalized spacial score (nSPS) is 17.9. The van der Waals surface area contributed by atoms with Crippen LogP contribution in [0.5, 0.6) is 0 Å². The van der Waals surface area contributed by atoms with Crippen LogP contribution in [0.1, 0.15) is 50.3 Å². The van der Waals surface area contributed by atoms with E-state index in [-0.39, 0.29) is 37.0 Å². The van der Waals surface area contributed by atoms with Gasteiger partial charge in [-0.05, 0) is 43.7 Å². The molecule has 266 valence electrons. The molecule has 0 unspecified atom stereocenters. The molecular formula is C36H40N8O6S. The third-order valence-corrected chi connectivity index (χ3v) is 10.9. The lowest BCUT2D eigenvalue weighted by atomic mass is 9.98. The van der Waals surface area contributed by atoms with Crippen molar-refractivity contribution in [3.63, 3.8) is 0 Å². The Morgan fingerprint density at radius 2 is 1.55 bits per heavy atom. The van der Waals surface area contributed by atoms with E-state index in [1.165, 1.54) is 14.2 Å². The highest BCUT2D eigenvalue weighted by Gasteiger charge is 2.49. The molecule has 4 amide bonds. The van der Waals surface area contributed by atoms with Crippen LogP contribution in [0.2, 0.25) is 0 Å². The molecule has 1 saturated heterocycles. The summed E-state index contributed by atoms with van der Waals surface area (Å²) < 4.78 is 11.5. The number of hydrogen-bond donors (Lipinski definition) is 4. The van der Waals surface area contributed by atoms with Crippen molar-refractivity contribution >= 4 is 55.5 Å². The van der Waals surface area contributed by atoms with Crippen LogP contribution in [0.25, 0.3) is 42.7 Å². The summed E-state index contributed by atoms with van der Waals surface area (Å²) in [6, 6.07) is 12.7. The SMILES string of the molecule is CCCN(Cc1ncc(-c2ccc3c(c2)sc2cc(-c4cnc([C@@H]5[C@H]6CC[C@H](C6)N5C(=O)CNC(=O)OC)[nH]4)ccc23)[nH]1)C(=O)CNC(=O)OC. The maximum absolute atomic E-state index is 13.2. The van der Waals surface area contributed by atoms with Gasteiger partial charge in [0.05, 0.1) is 50.6 Å². The van der Waals surface area contributed by atoms with Crippen molar-refractivity contribution in [2.75, 3.05) is 33.9 Å². The quantitative estimate of drug-likeness (QED) is 0.142. The van der Waals surface area contributed by atoms with E-state index in [4.69, 9.17) is 4.98 Å². The lowest BCUT2D eigenvalue weighted by Crippen LogP contribution is -2.45. The van der Waals surface area contributed by atoms with E-state index in [0.717, 1.165) is 74.2 Å². The number of carbonyl (C=O) groups excluding carboxylic acids is 4. The van der Waals surface area contributed by atoms with E-state index in [1.807, 2.05) is 18.0 Å². The van der Waals surface area contributed by atoms with Crippen molar-refractivity contribution in [2.24, 2.45) is 5.92 Å². The number of nitrogens with zero attached hydrogens (tertiary/aromatic N) is 4. The van der Waals surface area contributed by atoms with Crippen LogP contribution in [0.3, 0.4) is 0 Å². The summed E-state index contributed by atoms with van der Waals surface area (Å²) in [5.74, 6) is 1.40. The molecule has 2 aliphatic rings. The number of H-pyrrole nitrogens is 2. The number of hydrogen-bond acceptors (Lipinski definition) is 9. The fraction of sp³-hybridized carbons (Fsp3) is 0.389. The molecule has 7 rings (SSSR count). The van der Waals surface area contributed by atoms with E-state index in [1.54, 1.807) is 22.4 Å². The number of ether oxygens (including phenoxy) is 2. The van der Waals surface area contributed by atoms with Gasteiger partial charge in [-0.1, -0.05) is 31.2 Å². The van der Waals surface area contributed by atoms with E-state index >= 15 is 0 Å². The number of likely N-dealkylation sites (tertiary alicyclic amines) is 1. The maximum atomic E-state index is 13.2. The fourth-order valence-electron chi connectivity index (χ4n) is 7.42. The summed E-state index contributed by atoms with van der Waals surface area (Å²) in [7, 11) is 2.54. The highest BCUT2D eigenvalue weighted by molar-refractivity contribution is 7.25. The third-order valence-electron chi connectivity index (χ3n) is 9.80. The second kappa shape index (κ2) is 14.4. The van der Waals surface area contributed by atoms with Gasteiger partial charge in [0.25, 0.3) is 0 Å². The van der Waals surface area contributed by atoms with Crippen molar-refractivity contribution in [1.82, 2.24) is 40.4 Å². The van der Waals surface area contributed by atoms with Crippen LogP contribution >= 0.6 is 11.3 Å². The summed E-state index contributed by atoms with van der Waals surface area (Å²) in [5.41, 5.74) is 3.72. The molecule has 1 aliphatic carbocycles. The number of fused-ring (bicyclic) bond motifs is 5. The second-order valence-corrected chi connectivity index (χ2v) is 14.0. The molecule has 4 heterocycles. The van der Waals surface area contributed by atoms with Gasteiger partial charge < -0.3 is 39.9 Å². The van der Waals surface area contributed by atoms with E-state index in [0.29, 0.717) is 24.8 Å². The van der Waals surface area contributed by atoms with Gasteiger partial charge in [-0.3, -0.25) is 9.59 Å². The summed E-state index contributed by atoms with van der Waals surface area (Å²) in [6.45, 7) is 2.56. The van der Waals surface area contributed by atoms with Crippen molar-refractivity contribution in [2.45, 2.75) is 51.2 Å². The largest absolute Gasteiger partial charge is 0.453 e. The number of piperidine rings is 1. The van der Waals surface area contributed by atoms with Gasteiger partial charge in [-0.25, -0.2) is 19.6 Å². The van der Waals surface area contributed by atoms with E-state index in [2.05, 4.69) is 71.5 Å². The number of rotatable bonds is 11. The smallest absolute Gasteiger partial charge is 0.407 e. The van der Waals surface area contributed by atoms with Gasteiger partial charge in [-0.2, -0.15) is 0 Å². The standard InChI is InChI=1S/C36H40N8O6S/c1-4-11-43(31(45)17-39-35(47)49-2)19-30-37-15-26(41-30)20-6-9-24-25-10-7-21(14-29(25)51-28(24)13-20)27-16-38-34(42-27)33-22-5-8-23(12-22)44(33)32(46)18-40-36(48)50-3/h6-7,9-10,13-16,22-23,33H,4-5,8,11-12,17-19H2,1-3H3,(H,37,41)(H,38,42)(H,39,47)(H,40,48)/t22-,23+,33-/m0/s1. The molecule has 4 N–H and O–H groups in total. The Bertz CT molecular complexity index is 2100. The molecule has 3 atom stereocenters. The number of carbonyl (C=O) groups is 4. The van der Waals surface area contributed by atoms with Gasteiger partial charge in [0.2, 0.25) is 11.8 Å². The highest BCUT2D eigenvalue weighted by atomic mass is 32.1. The van der Waals surface area contributed by atoms with Crippen LogP contribution in [-0.4, -0.2) is 93.6 Å². The Balaban J connectivity index is 1.08. The second-order valence-electron chi connectivity index (χ2n) is 12.9. The first-order valence-corrected chi connectivity index (χ1v) is 17.9. The number of benzene rings is 2. The molecule has 51 heavy (non-hydrogen) atoms. The number of alkyl carbamates (subject to hydrolysis) is 2. The zero-order valence-electron chi connectivity index (χ0n) is 28.7. The first-order chi connectivity index (χ1) is 24.8. The Morgan fingerprint density at radius 1 is 0.902 bits per heavy atom. The zero-order valence-corrected chi connectivity index (χ0v) is 29.5. The predicted octanol–water partition coefficient (Wildman–Crippen LogP) is 5.34. The van der Waals surface area contributed by atoms with Crippen molar-refractivity contribution in [1.29, 1.82) is 0 Å². The first-order valence-electron chi connectivity index (χ1n) is 17.0. The number of aromatic amines is 2. The lowest BCUT2D eigenvalue weighted by molar-refractivity contribution is -0.135. The minimum Gasteiger partial charge on any atom is -0.453 e. The molecule has 2 fully saturated rings. The monoisotopic (exact) mass is 712 g/mol. The van der Waals surface area contributed by atoms with Crippen LogP contribution in [0.4, 0.5) is 9.59 Å². The van der Waals surface area contributed by atoms with Crippen molar-refractivity contribution in [3.8, 4) is 22.5 Å². The molecule has 1 aliphatic heterocycles. The first kappa shape index (κ1) is 34.0. The number of methoxy groups -OCH3 is 2. The van der Waals surface area contributed by atoms with Crippen molar-refractivity contribution in [3.05, 3.63) is 60.4 Å². The topological polar surface area (TPSA) is 175 Å². The van der Waals surface area contributed by atoms with Crippen LogP contribution < -0.4 is 10.6 Å². The number of nitrogens with one attached hydrogen (secondary N) is 4. The van der Waals surface area contributed by atoms with Gasteiger partial charge in [0.15, 0.2) is 0 Å². The molecule has 5 aromatic rings. The Kier molecular flexibility index (Phi) is 9.62. The predicted molar refractivity (Wildman–Crippen MR) is 192 cm³/mol. The average Bonchev–Trinajstić information content (AvgIpc) is 3.99. The summed E-state index contributed by atoms with van der Waals surface area (Å²) in [5, 5.41) is 7.29. The number of aromatic nitrogens is 4. The minimum absolute atomic E-state index is 0.109. The van der Waals surface area contributed by atoms with E-state index < -0.39 is 12.2 Å². The Hall–Kier alpha value is -5.44. The summed E-state index contributed by atoms with van der Waals surface area (Å²) in [6.07, 6.45) is 6.05. The van der Waals surface area contributed by atoms with Crippen LogP contribution in [0, 0.1) is 5.92 Å². The molecule has 1 saturated carbocycles. The van der Waals surface area contributed by atoms with Gasteiger partial charge >= 0.3 is 12.2 Å². The Labute approximate surface area is 297 Å². The summed E-state index contributed by atoms with van der Waals surface area (Å²) >= 11 is 1.71. The molecule has 2 bridgehead atoms. The minimum atomic E-state index is -0.649. The fourth-order valence-corrected chi connectivity index (χ4v) is 8.60. The van der Waals surface area contributed by atoms with Crippen LogP contribution in [-0.2, 0) is 25.6 Å². The van der Waals surface area contributed by atoms with Gasteiger partial charge in [0, 0.05) is 43.9 Å². The third kappa shape index (κ3) is 6.85. The van der Waals surface area contributed by atoms with E-state index in [9.17, 15) is 19.2 Å². The van der Waals surface area contributed by atoms with Gasteiger partial charge in [-0.15, -0.1) is 11.3 Å². The molecule has 0 spiro atoms.